The number of rotatable bonds is 7. The molecule has 0 fully saturated rings. The molecule has 0 spiro atoms. The first-order valence-corrected chi connectivity index (χ1v) is 9.46. The molecular formula is C20H23F6N3O3. The summed E-state index contributed by atoms with van der Waals surface area (Å²) in [6.45, 7) is 4.12. The molecule has 0 radical (unpaired) electrons. The van der Waals surface area contributed by atoms with E-state index in [0.29, 0.717) is 11.1 Å². The molecule has 2 N–H and O–H groups in total. The number of urea groups is 1. The minimum absolute atomic E-state index is 0.0121. The van der Waals surface area contributed by atoms with E-state index in [1.54, 1.807) is 6.92 Å². The van der Waals surface area contributed by atoms with Crippen molar-refractivity contribution in [1.82, 2.24) is 15.6 Å². The van der Waals surface area contributed by atoms with Crippen molar-refractivity contribution in [1.29, 1.82) is 0 Å². The van der Waals surface area contributed by atoms with Crippen molar-refractivity contribution in [3.8, 4) is 11.6 Å². The highest BCUT2D eigenvalue weighted by atomic mass is 19.4. The summed E-state index contributed by atoms with van der Waals surface area (Å²) in [5.41, 5.74) is 0.991. The van der Waals surface area contributed by atoms with E-state index in [4.69, 9.17) is 0 Å². The lowest BCUT2D eigenvalue weighted by Crippen LogP contribution is -2.36. The Hall–Kier alpha value is -3.18. The van der Waals surface area contributed by atoms with Gasteiger partial charge in [-0.05, 0) is 36.2 Å². The summed E-state index contributed by atoms with van der Waals surface area (Å²) < 4.78 is 81.3. The lowest BCUT2D eigenvalue weighted by atomic mass is 10.1. The predicted octanol–water partition coefficient (Wildman–Crippen LogP) is 5.51. The molecule has 178 valence electrons. The second kappa shape index (κ2) is 12.0. The first-order valence-electron chi connectivity index (χ1n) is 9.46. The zero-order valence-electron chi connectivity index (χ0n) is 17.5. The highest BCUT2D eigenvalue weighted by Crippen LogP contribution is 2.24. The van der Waals surface area contributed by atoms with Crippen LogP contribution < -0.4 is 20.1 Å². The summed E-state index contributed by atoms with van der Waals surface area (Å²) in [5, 5.41) is 5.10. The molecule has 0 aliphatic carbocycles. The van der Waals surface area contributed by atoms with Crippen LogP contribution in [-0.4, -0.2) is 30.2 Å². The molecule has 12 heteroatoms. The van der Waals surface area contributed by atoms with E-state index >= 15 is 0 Å². The maximum atomic E-state index is 12.2. The SMILES string of the molecule is CC.CC(NC(=O)NCc1ccnc(OCC(F)(F)F)c1)c1ccc(OC(F)(F)F)cc1. The van der Waals surface area contributed by atoms with Crippen molar-refractivity contribution in [3.63, 3.8) is 0 Å². The Balaban J connectivity index is 0.00000249. The summed E-state index contributed by atoms with van der Waals surface area (Å²) in [5.74, 6) is -0.620. The number of nitrogens with zero attached hydrogens (tertiary/aromatic N) is 1. The number of carbonyl (C=O) groups is 1. The Bertz CT molecular complexity index is 842. The van der Waals surface area contributed by atoms with E-state index in [0.717, 1.165) is 12.1 Å². The molecule has 6 nitrogen and oxygen atoms in total. The van der Waals surface area contributed by atoms with E-state index in [-0.39, 0.29) is 18.2 Å². The van der Waals surface area contributed by atoms with E-state index in [1.807, 2.05) is 13.8 Å². The van der Waals surface area contributed by atoms with Gasteiger partial charge >= 0.3 is 18.6 Å². The average molecular weight is 467 g/mol. The molecule has 1 unspecified atom stereocenters. The van der Waals surface area contributed by atoms with Crippen LogP contribution in [0.3, 0.4) is 0 Å². The van der Waals surface area contributed by atoms with Crippen molar-refractivity contribution >= 4 is 6.03 Å². The highest BCUT2D eigenvalue weighted by Gasteiger charge is 2.31. The molecule has 1 aromatic heterocycles. The Kier molecular flexibility index (Phi) is 10.1. The zero-order valence-corrected chi connectivity index (χ0v) is 17.5. The van der Waals surface area contributed by atoms with Crippen LogP contribution in [0.25, 0.3) is 0 Å². The molecule has 2 aromatic rings. The van der Waals surface area contributed by atoms with Crippen molar-refractivity contribution < 1.29 is 40.6 Å². The second-order valence-corrected chi connectivity index (χ2v) is 6.07. The topological polar surface area (TPSA) is 72.5 Å². The van der Waals surface area contributed by atoms with E-state index in [1.165, 1.54) is 30.5 Å². The monoisotopic (exact) mass is 467 g/mol. The standard InChI is InChI=1S/C18H17F6N3O3.C2H6/c1-11(13-2-4-14(5-3-13)30-18(22,23)24)27-16(28)26-9-12-6-7-25-15(8-12)29-10-17(19,20)21;1-2/h2-8,11H,9-10H2,1H3,(H2,26,27,28);1-2H3. The molecular weight excluding hydrogens is 444 g/mol. The highest BCUT2D eigenvalue weighted by molar-refractivity contribution is 5.74. The number of amides is 2. The molecule has 2 amide bonds. The predicted molar refractivity (Wildman–Crippen MR) is 104 cm³/mol. The number of aromatic nitrogens is 1. The first-order chi connectivity index (χ1) is 14.9. The molecule has 1 heterocycles. The number of nitrogens with one attached hydrogen (secondary N) is 2. The van der Waals surface area contributed by atoms with Crippen LogP contribution in [0, 0.1) is 0 Å². The zero-order chi connectivity index (χ0) is 24.4. The largest absolute Gasteiger partial charge is 0.573 e. The van der Waals surface area contributed by atoms with Gasteiger partial charge in [0.25, 0.3) is 0 Å². The minimum Gasteiger partial charge on any atom is -0.468 e. The number of ether oxygens (including phenoxy) is 2. The van der Waals surface area contributed by atoms with Crippen LogP contribution in [0.5, 0.6) is 11.6 Å². The van der Waals surface area contributed by atoms with Crippen LogP contribution in [0.15, 0.2) is 42.6 Å². The van der Waals surface area contributed by atoms with Crippen LogP contribution in [0.4, 0.5) is 31.1 Å². The van der Waals surface area contributed by atoms with Crippen molar-refractivity contribution in [3.05, 3.63) is 53.7 Å². The van der Waals surface area contributed by atoms with Crippen LogP contribution in [0.1, 0.15) is 37.9 Å². The van der Waals surface area contributed by atoms with Crippen LogP contribution >= 0.6 is 0 Å². The third kappa shape index (κ3) is 10.7. The minimum atomic E-state index is -4.80. The van der Waals surface area contributed by atoms with Crippen molar-refractivity contribution in [2.24, 2.45) is 0 Å². The molecule has 0 saturated carbocycles. The van der Waals surface area contributed by atoms with Gasteiger partial charge in [0.15, 0.2) is 6.61 Å². The van der Waals surface area contributed by atoms with Gasteiger partial charge in [-0.3, -0.25) is 0 Å². The fraction of sp³-hybridized carbons (Fsp3) is 0.400. The summed E-state index contributed by atoms with van der Waals surface area (Å²) in [6, 6.07) is 6.62. The molecule has 0 aliphatic heterocycles. The summed E-state index contributed by atoms with van der Waals surface area (Å²) >= 11 is 0. The molecule has 32 heavy (non-hydrogen) atoms. The molecule has 0 aliphatic rings. The van der Waals surface area contributed by atoms with Gasteiger partial charge in [0.1, 0.15) is 5.75 Å². The van der Waals surface area contributed by atoms with Crippen molar-refractivity contribution in [2.45, 2.75) is 45.9 Å². The van der Waals surface area contributed by atoms with Gasteiger partial charge in [-0.2, -0.15) is 13.2 Å². The third-order valence-electron chi connectivity index (χ3n) is 3.60. The summed E-state index contributed by atoms with van der Waals surface area (Å²) in [4.78, 5) is 15.7. The van der Waals surface area contributed by atoms with Gasteiger partial charge in [-0.15, -0.1) is 13.2 Å². The number of alkyl halides is 6. The molecule has 0 bridgehead atoms. The quantitative estimate of drug-likeness (QED) is 0.527. The summed E-state index contributed by atoms with van der Waals surface area (Å²) in [6.07, 6.45) is -8.05. The Morgan fingerprint density at radius 1 is 1.06 bits per heavy atom. The fourth-order valence-corrected chi connectivity index (χ4v) is 2.27. The first kappa shape index (κ1) is 26.9. The third-order valence-corrected chi connectivity index (χ3v) is 3.60. The van der Waals surface area contributed by atoms with Gasteiger partial charge in [-0.1, -0.05) is 26.0 Å². The van der Waals surface area contributed by atoms with Gasteiger partial charge < -0.3 is 20.1 Å². The van der Waals surface area contributed by atoms with Crippen LogP contribution in [-0.2, 0) is 6.54 Å². The fourth-order valence-electron chi connectivity index (χ4n) is 2.27. The van der Waals surface area contributed by atoms with E-state index < -0.39 is 31.2 Å². The molecule has 1 atom stereocenters. The van der Waals surface area contributed by atoms with Gasteiger partial charge in [0.2, 0.25) is 5.88 Å². The Morgan fingerprint density at radius 2 is 1.69 bits per heavy atom. The number of pyridine rings is 1. The normalized spacial score (nSPS) is 12.2. The molecule has 1 aromatic carbocycles. The molecule has 0 saturated heterocycles. The smallest absolute Gasteiger partial charge is 0.468 e. The number of hydrogen-bond acceptors (Lipinski definition) is 4. The average Bonchev–Trinajstić information content (AvgIpc) is 2.71. The number of carbonyl (C=O) groups excluding carboxylic acids is 1. The van der Waals surface area contributed by atoms with Crippen molar-refractivity contribution in [2.75, 3.05) is 6.61 Å². The van der Waals surface area contributed by atoms with E-state index in [9.17, 15) is 31.1 Å². The van der Waals surface area contributed by atoms with E-state index in [2.05, 4.69) is 25.1 Å². The Labute approximate surface area is 180 Å². The number of hydrogen-bond donors (Lipinski definition) is 2. The Morgan fingerprint density at radius 3 is 2.25 bits per heavy atom. The maximum absolute atomic E-state index is 12.2. The lowest BCUT2D eigenvalue weighted by molar-refractivity contribution is -0.274. The second-order valence-electron chi connectivity index (χ2n) is 6.07. The molecule has 2 rings (SSSR count). The summed E-state index contributed by atoms with van der Waals surface area (Å²) in [7, 11) is 0. The number of halogens is 6. The van der Waals surface area contributed by atoms with Gasteiger partial charge in [0, 0.05) is 18.8 Å². The van der Waals surface area contributed by atoms with Gasteiger partial charge in [0.05, 0.1) is 6.04 Å². The van der Waals surface area contributed by atoms with Gasteiger partial charge in [-0.25, -0.2) is 9.78 Å². The van der Waals surface area contributed by atoms with Crippen LogP contribution in [0.2, 0.25) is 0 Å². The lowest BCUT2D eigenvalue weighted by Gasteiger charge is -2.16. The maximum Gasteiger partial charge on any atom is 0.573 e. The number of benzene rings is 1.